The molecule has 1 unspecified atom stereocenters. The van der Waals surface area contributed by atoms with Gasteiger partial charge in [0.1, 0.15) is 5.01 Å². The highest BCUT2D eigenvalue weighted by Crippen LogP contribution is 2.22. The summed E-state index contributed by atoms with van der Waals surface area (Å²) in [4.78, 5) is 5.66. The Kier molecular flexibility index (Phi) is 3.28. The first kappa shape index (κ1) is 11.6. The predicted molar refractivity (Wildman–Crippen MR) is 68.1 cm³/mol. The van der Waals surface area contributed by atoms with Gasteiger partial charge in [-0.25, -0.2) is 9.50 Å². The topological polar surface area (TPSA) is 30.2 Å². The maximum absolute atomic E-state index is 4.63. The van der Waals surface area contributed by atoms with E-state index in [9.17, 15) is 0 Å². The number of imidazole rings is 1. The number of aromatic nitrogens is 3. The minimum absolute atomic E-state index is 0.530. The van der Waals surface area contributed by atoms with Crippen molar-refractivity contribution in [2.75, 3.05) is 0 Å². The summed E-state index contributed by atoms with van der Waals surface area (Å²) >= 11 is 1.72. The third kappa shape index (κ3) is 2.26. The van der Waals surface area contributed by atoms with Gasteiger partial charge >= 0.3 is 0 Å². The molecule has 2 rings (SSSR count). The second-order valence-corrected chi connectivity index (χ2v) is 5.84. The first-order valence-corrected chi connectivity index (χ1v) is 6.76. The van der Waals surface area contributed by atoms with Crippen LogP contribution in [0, 0.1) is 5.92 Å². The molecule has 2 aromatic heterocycles. The summed E-state index contributed by atoms with van der Waals surface area (Å²) < 4.78 is 1.93. The lowest BCUT2D eigenvalue weighted by Gasteiger charge is -2.01. The molecule has 0 aliphatic carbocycles. The fourth-order valence-electron chi connectivity index (χ4n) is 1.64. The zero-order chi connectivity index (χ0) is 11.7. The number of rotatable bonds is 4. The Morgan fingerprint density at radius 1 is 1.38 bits per heavy atom. The van der Waals surface area contributed by atoms with Gasteiger partial charge in [-0.3, -0.25) is 0 Å². The molecule has 2 heterocycles. The molecule has 0 saturated carbocycles. The molecule has 88 valence electrons. The predicted octanol–water partition coefficient (Wildman–Crippen LogP) is 3.50. The molecule has 0 fully saturated rings. The second-order valence-electron chi connectivity index (χ2n) is 4.80. The van der Waals surface area contributed by atoms with Crippen LogP contribution in [0.15, 0.2) is 6.20 Å². The smallest absolute Gasteiger partial charge is 0.212 e. The van der Waals surface area contributed by atoms with Gasteiger partial charge in [-0.2, -0.15) is 5.10 Å². The van der Waals surface area contributed by atoms with E-state index in [2.05, 4.69) is 44.0 Å². The van der Waals surface area contributed by atoms with Crippen molar-refractivity contribution in [1.29, 1.82) is 0 Å². The van der Waals surface area contributed by atoms with E-state index in [0.717, 1.165) is 23.5 Å². The summed E-state index contributed by atoms with van der Waals surface area (Å²) in [7, 11) is 0. The van der Waals surface area contributed by atoms with Crippen LogP contribution in [0.5, 0.6) is 0 Å². The molecular formula is C12H19N3S. The first-order valence-electron chi connectivity index (χ1n) is 5.95. The molecule has 0 spiro atoms. The average molecular weight is 237 g/mol. The van der Waals surface area contributed by atoms with Crippen LogP contribution in [0.3, 0.4) is 0 Å². The maximum Gasteiger partial charge on any atom is 0.212 e. The Morgan fingerprint density at radius 2 is 2.12 bits per heavy atom. The molecule has 2 aromatic rings. The van der Waals surface area contributed by atoms with Crippen molar-refractivity contribution in [2.45, 2.75) is 46.5 Å². The van der Waals surface area contributed by atoms with Crippen LogP contribution < -0.4 is 0 Å². The van der Waals surface area contributed by atoms with E-state index in [1.165, 1.54) is 5.01 Å². The van der Waals surface area contributed by atoms with Crippen molar-refractivity contribution >= 4 is 16.3 Å². The van der Waals surface area contributed by atoms with Gasteiger partial charge in [0.25, 0.3) is 0 Å². The molecule has 0 radical (unpaired) electrons. The van der Waals surface area contributed by atoms with Crippen LogP contribution in [-0.4, -0.2) is 14.6 Å². The lowest BCUT2D eigenvalue weighted by atomic mass is 10.1. The van der Waals surface area contributed by atoms with Crippen molar-refractivity contribution in [3.05, 3.63) is 16.9 Å². The molecule has 0 aliphatic heterocycles. The zero-order valence-electron chi connectivity index (χ0n) is 10.4. The van der Waals surface area contributed by atoms with E-state index in [1.807, 2.05) is 4.52 Å². The van der Waals surface area contributed by atoms with Gasteiger partial charge < -0.3 is 0 Å². The lowest BCUT2D eigenvalue weighted by Crippen LogP contribution is -1.95. The van der Waals surface area contributed by atoms with Gasteiger partial charge in [-0.15, -0.1) is 0 Å². The van der Waals surface area contributed by atoms with Gasteiger partial charge in [0.15, 0.2) is 0 Å². The minimum atomic E-state index is 0.530. The third-order valence-corrected chi connectivity index (χ3v) is 3.75. The SMILES string of the molecule is CCC(C)c1cn2nc(CC(C)C)sc2n1. The highest BCUT2D eigenvalue weighted by Gasteiger charge is 2.12. The molecule has 3 nitrogen and oxygen atoms in total. The lowest BCUT2D eigenvalue weighted by molar-refractivity contribution is 0.636. The highest BCUT2D eigenvalue weighted by atomic mass is 32.1. The van der Waals surface area contributed by atoms with E-state index in [0.29, 0.717) is 11.8 Å². The van der Waals surface area contributed by atoms with E-state index in [4.69, 9.17) is 0 Å². The van der Waals surface area contributed by atoms with Crippen LogP contribution in [-0.2, 0) is 6.42 Å². The Balaban J connectivity index is 2.26. The van der Waals surface area contributed by atoms with E-state index in [1.54, 1.807) is 11.3 Å². The summed E-state index contributed by atoms with van der Waals surface area (Å²) in [5, 5.41) is 5.75. The third-order valence-electron chi connectivity index (χ3n) is 2.80. The van der Waals surface area contributed by atoms with Crippen LogP contribution in [0.4, 0.5) is 0 Å². The second kappa shape index (κ2) is 4.53. The largest absolute Gasteiger partial charge is 0.222 e. The fourth-order valence-corrected chi connectivity index (χ4v) is 2.73. The first-order chi connectivity index (χ1) is 7.60. The van der Waals surface area contributed by atoms with Crippen LogP contribution in [0.25, 0.3) is 4.96 Å². The monoisotopic (exact) mass is 237 g/mol. The Morgan fingerprint density at radius 3 is 2.69 bits per heavy atom. The number of hydrogen-bond acceptors (Lipinski definition) is 3. The summed E-state index contributed by atoms with van der Waals surface area (Å²) in [6, 6.07) is 0. The molecule has 1 atom stereocenters. The van der Waals surface area contributed by atoms with Gasteiger partial charge in [-0.1, -0.05) is 39.0 Å². The van der Waals surface area contributed by atoms with Crippen molar-refractivity contribution < 1.29 is 0 Å². The van der Waals surface area contributed by atoms with Gasteiger partial charge in [0, 0.05) is 6.42 Å². The molecule has 0 aromatic carbocycles. The van der Waals surface area contributed by atoms with E-state index >= 15 is 0 Å². The van der Waals surface area contributed by atoms with E-state index < -0.39 is 0 Å². The molecule has 0 saturated heterocycles. The summed E-state index contributed by atoms with van der Waals surface area (Å²) in [6.45, 7) is 8.83. The van der Waals surface area contributed by atoms with Gasteiger partial charge in [0.2, 0.25) is 4.96 Å². The molecule has 0 aliphatic rings. The molecule has 0 bridgehead atoms. The number of fused-ring (bicyclic) bond motifs is 1. The average Bonchev–Trinajstić information content (AvgIpc) is 2.72. The molecule has 4 heteroatoms. The fraction of sp³-hybridized carbons (Fsp3) is 0.667. The molecule has 0 amide bonds. The zero-order valence-corrected chi connectivity index (χ0v) is 11.2. The van der Waals surface area contributed by atoms with Crippen LogP contribution in [0.1, 0.15) is 50.7 Å². The molecule has 0 N–H and O–H groups in total. The Labute approximate surface area is 101 Å². The van der Waals surface area contributed by atoms with Crippen molar-refractivity contribution in [3.8, 4) is 0 Å². The number of hydrogen-bond donors (Lipinski definition) is 0. The quantitative estimate of drug-likeness (QED) is 0.814. The summed E-state index contributed by atoms with van der Waals surface area (Å²) in [5.41, 5.74) is 1.16. The molecular weight excluding hydrogens is 218 g/mol. The normalized spacial score (nSPS) is 13.8. The summed E-state index contributed by atoms with van der Waals surface area (Å²) in [5.74, 6) is 1.19. The molecule has 16 heavy (non-hydrogen) atoms. The number of nitrogens with zero attached hydrogens (tertiary/aromatic N) is 3. The Bertz CT molecular complexity index is 438. The van der Waals surface area contributed by atoms with Crippen molar-refractivity contribution in [3.63, 3.8) is 0 Å². The minimum Gasteiger partial charge on any atom is -0.222 e. The summed E-state index contributed by atoms with van der Waals surface area (Å²) in [6.07, 6.45) is 4.25. The van der Waals surface area contributed by atoms with Crippen molar-refractivity contribution in [2.24, 2.45) is 5.92 Å². The van der Waals surface area contributed by atoms with Gasteiger partial charge in [-0.05, 0) is 18.3 Å². The maximum atomic E-state index is 4.63. The highest BCUT2D eigenvalue weighted by molar-refractivity contribution is 7.16. The van der Waals surface area contributed by atoms with Crippen molar-refractivity contribution in [1.82, 2.24) is 14.6 Å². The van der Waals surface area contributed by atoms with Crippen LogP contribution in [0.2, 0.25) is 0 Å². The van der Waals surface area contributed by atoms with Gasteiger partial charge in [0.05, 0.1) is 11.9 Å². The Hall–Kier alpha value is -0.900. The standard InChI is InChI=1S/C12H19N3S/c1-5-9(4)10-7-15-12(13-10)16-11(14-15)6-8(2)3/h7-9H,5-6H2,1-4H3. The van der Waals surface area contributed by atoms with Crippen LogP contribution >= 0.6 is 11.3 Å². The van der Waals surface area contributed by atoms with E-state index in [-0.39, 0.29) is 0 Å².